The van der Waals surface area contributed by atoms with Crippen molar-refractivity contribution in [1.82, 2.24) is 4.90 Å². The minimum absolute atomic E-state index is 0.0244. The van der Waals surface area contributed by atoms with Crippen LogP contribution in [0.25, 0.3) is 0 Å². The Morgan fingerprint density at radius 1 is 1.22 bits per heavy atom. The number of urea groups is 1. The Kier molecular flexibility index (Phi) is 7.10. The van der Waals surface area contributed by atoms with Gasteiger partial charge in [0.1, 0.15) is 5.75 Å². The summed E-state index contributed by atoms with van der Waals surface area (Å²) in [6.45, 7) is 4.25. The van der Waals surface area contributed by atoms with E-state index < -0.39 is 10.1 Å². The number of carbonyl (C=O) groups is 1. The molecule has 8 heteroatoms. The van der Waals surface area contributed by atoms with Crippen LogP contribution >= 0.6 is 11.6 Å². The van der Waals surface area contributed by atoms with E-state index >= 15 is 0 Å². The zero-order valence-corrected chi connectivity index (χ0v) is 17.0. The van der Waals surface area contributed by atoms with Gasteiger partial charge in [0.2, 0.25) is 0 Å². The molecule has 0 aromatic heterocycles. The van der Waals surface area contributed by atoms with Gasteiger partial charge in [0, 0.05) is 23.3 Å². The third-order valence-electron chi connectivity index (χ3n) is 3.96. The summed E-state index contributed by atoms with van der Waals surface area (Å²) in [6.07, 6.45) is 1.76. The molecule has 0 aliphatic rings. The summed E-state index contributed by atoms with van der Waals surface area (Å²) in [5, 5.41) is 3.38. The molecule has 6 nitrogen and oxygen atoms in total. The lowest BCUT2D eigenvalue weighted by Crippen LogP contribution is -2.40. The number of halogens is 1. The molecular weight excluding hydrogens is 388 g/mol. The second kappa shape index (κ2) is 9.10. The topological polar surface area (TPSA) is 75.7 Å². The van der Waals surface area contributed by atoms with Crippen LogP contribution in [-0.2, 0) is 16.7 Å². The third kappa shape index (κ3) is 6.77. The van der Waals surface area contributed by atoms with Crippen molar-refractivity contribution in [2.45, 2.75) is 32.9 Å². The number of amides is 2. The van der Waals surface area contributed by atoms with Gasteiger partial charge in [0.05, 0.1) is 6.26 Å². The predicted molar refractivity (Wildman–Crippen MR) is 108 cm³/mol. The van der Waals surface area contributed by atoms with Gasteiger partial charge in [-0.3, -0.25) is 0 Å². The van der Waals surface area contributed by atoms with Crippen molar-refractivity contribution in [1.29, 1.82) is 0 Å². The molecule has 2 amide bonds. The molecule has 0 aliphatic heterocycles. The Morgan fingerprint density at radius 2 is 1.93 bits per heavy atom. The average Bonchev–Trinajstić information content (AvgIpc) is 2.57. The lowest BCUT2D eigenvalue weighted by atomic mass is 10.1. The van der Waals surface area contributed by atoms with Crippen molar-refractivity contribution in [2.75, 3.05) is 11.6 Å². The van der Waals surface area contributed by atoms with Crippen LogP contribution in [0.5, 0.6) is 5.75 Å². The van der Waals surface area contributed by atoms with Crippen molar-refractivity contribution in [3.63, 3.8) is 0 Å². The standard InChI is InChI=1S/C19H23ClN2O4S/c1-4-14(2)22(19(23)21-17-9-6-8-16(20)12-17)13-15-7-5-10-18(11-15)26-27(3,24)25/h5-12,14H,4,13H2,1-3H3,(H,21,23)/t14-/m0/s1. The molecule has 0 bridgehead atoms. The first kappa shape index (κ1) is 21.1. The molecule has 0 unspecified atom stereocenters. The highest BCUT2D eigenvalue weighted by Gasteiger charge is 2.20. The van der Waals surface area contributed by atoms with E-state index in [0.29, 0.717) is 17.3 Å². The van der Waals surface area contributed by atoms with Crippen LogP contribution in [0, 0.1) is 0 Å². The maximum Gasteiger partial charge on any atom is 0.322 e. The molecule has 27 heavy (non-hydrogen) atoms. The van der Waals surface area contributed by atoms with Gasteiger partial charge < -0.3 is 14.4 Å². The molecule has 0 saturated carbocycles. The van der Waals surface area contributed by atoms with Gasteiger partial charge >= 0.3 is 16.1 Å². The lowest BCUT2D eigenvalue weighted by Gasteiger charge is -2.29. The van der Waals surface area contributed by atoms with E-state index in [1.807, 2.05) is 19.9 Å². The first-order valence-corrected chi connectivity index (χ1v) is 10.7. The molecule has 0 radical (unpaired) electrons. The Labute approximate surface area is 165 Å². The van der Waals surface area contributed by atoms with Gasteiger partial charge in [0.25, 0.3) is 0 Å². The minimum Gasteiger partial charge on any atom is -0.383 e. The number of nitrogens with zero attached hydrogens (tertiary/aromatic N) is 1. The molecule has 0 saturated heterocycles. The molecule has 0 fully saturated rings. The highest BCUT2D eigenvalue weighted by Crippen LogP contribution is 2.20. The summed E-state index contributed by atoms with van der Waals surface area (Å²) in [4.78, 5) is 14.5. The van der Waals surface area contributed by atoms with Gasteiger partial charge in [-0.25, -0.2) is 4.79 Å². The number of hydrogen-bond donors (Lipinski definition) is 1. The van der Waals surface area contributed by atoms with Crippen LogP contribution < -0.4 is 9.50 Å². The number of rotatable bonds is 7. The maximum atomic E-state index is 12.8. The van der Waals surface area contributed by atoms with Crippen molar-refractivity contribution >= 4 is 33.4 Å². The van der Waals surface area contributed by atoms with E-state index in [0.717, 1.165) is 18.2 Å². The Bertz CT molecular complexity index is 902. The number of anilines is 1. The molecule has 146 valence electrons. The fourth-order valence-electron chi connectivity index (χ4n) is 2.48. The van der Waals surface area contributed by atoms with Gasteiger partial charge in [-0.05, 0) is 49.2 Å². The van der Waals surface area contributed by atoms with Gasteiger partial charge in [-0.15, -0.1) is 0 Å². The molecule has 2 aromatic rings. The first-order valence-electron chi connectivity index (χ1n) is 8.49. The van der Waals surface area contributed by atoms with Crippen LogP contribution in [0.15, 0.2) is 48.5 Å². The second-order valence-electron chi connectivity index (χ2n) is 6.26. The smallest absolute Gasteiger partial charge is 0.322 e. The molecule has 0 heterocycles. The number of benzene rings is 2. The zero-order chi connectivity index (χ0) is 20.0. The fourth-order valence-corrected chi connectivity index (χ4v) is 3.12. The fraction of sp³-hybridized carbons (Fsp3) is 0.316. The zero-order valence-electron chi connectivity index (χ0n) is 15.5. The quantitative estimate of drug-likeness (QED) is 0.681. The van der Waals surface area contributed by atoms with Crippen LogP contribution in [0.4, 0.5) is 10.5 Å². The molecule has 0 aliphatic carbocycles. The maximum absolute atomic E-state index is 12.8. The van der Waals surface area contributed by atoms with Crippen molar-refractivity contribution in [3.05, 3.63) is 59.1 Å². The first-order chi connectivity index (χ1) is 12.7. The SMILES string of the molecule is CC[C@H](C)N(Cc1cccc(OS(C)(=O)=O)c1)C(=O)Nc1cccc(Cl)c1. The van der Waals surface area contributed by atoms with Crippen molar-refractivity contribution in [2.24, 2.45) is 0 Å². The monoisotopic (exact) mass is 410 g/mol. The average molecular weight is 411 g/mol. The molecule has 0 spiro atoms. The van der Waals surface area contributed by atoms with Crippen molar-refractivity contribution < 1.29 is 17.4 Å². The summed E-state index contributed by atoms with van der Waals surface area (Å²) in [5.74, 6) is 0.217. The van der Waals surface area contributed by atoms with Gasteiger partial charge in [-0.2, -0.15) is 8.42 Å². The van der Waals surface area contributed by atoms with E-state index in [4.69, 9.17) is 15.8 Å². The van der Waals surface area contributed by atoms with Gasteiger partial charge in [-0.1, -0.05) is 36.7 Å². The highest BCUT2D eigenvalue weighted by atomic mass is 35.5. The van der Waals surface area contributed by atoms with E-state index in [1.165, 1.54) is 0 Å². The molecule has 2 rings (SSSR count). The van der Waals surface area contributed by atoms with Gasteiger partial charge in [0.15, 0.2) is 0 Å². The Morgan fingerprint density at radius 3 is 2.56 bits per heavy atom. The summed E-state index contributed by atoms with van der Waals surface area (Å²) in [5.41, 5.74) is 1.37. The number of carbonyl (C=O) groups excluding carboxylic acids is 1. The molecule has 1 N–H and O–H groups in total. The number of hydrogen-bond acceptors (Lipinski definition) is 4. The van der Waals surface area contributed by atoms with Crippen molar-refractivity contribution in [3.8, 4) is 5.75 Å². The predicted octanol–water partition coefficient (Wildman–Crippen LogP) is 4.51. The highest BCUT2D eigenvalue weighted by molar-refractivity contribution is 7.86. The summed E-state index contributed by atoms with van der Waals surface area (Å²) >= 11 is 5.97. The van der Waals surface area contributed by atoms with E-state index in [-0.39, 0.29) is 17.8 Å². The summed E-state index contributed by atoms with van der Waals surface area (Å²) in [6, 6.07) is 13.3. The van der Waals surface area contributed by atoms with E-state index in [9.17, 15) is 13.2 Å². The lowest BCUT2D eigenvalue weighted by molar-refractivity contribution is 0.187. The minimum atomic E-state index is -3.61. The van der Waals surface area contributed by atoms with Crippen LogP contribution in [0.3, 0.4) is 0 Å². The Hall–Kier alpha value is -2.25. The summed E-state index contributed by atoms with van der Waals surface area (Å²) < 4.78 is 27.6. The Balaban J connectivity index is 2.19. The normalized spacial score (nSPS) is 12.3. The summed E-state index contributed by atoms with van der Waals surface area (Å²) in [7, 11) is -3.61. The van der Waals surface area contributed by atoms with Crippen LogP contribution in [0.1, 0.15) is 25.8 Å². The molecular formula is C19H23ClN2O4S. The van der Waals surface area contributed by atoms with Crippen LogP contribution in [-0.4, -0.2) is 31.6 Å². The molecule has 2 aromatic carbocycles. The van der Waals surface area contributed by atoms with Crippen LogP contribution in [0.2, 0.25) is 5.02 Å². The number of nitrogens with one attached hydrogen (secondary N) is 1. The van der Waals surface area contributed by atoms with E-state index in [2.05, 4.69) is 5.32 Å². The largest absolute Gasteiger partial charge is 0.383 e. The van der Waals surface area contributed by atoms with E-state index in [1.54, 1.807) is 47.4 Å². The second-order valence-corrected chi connectivity index (χ2v) is 8.27. The molecule has 1 atom stereocenters. The third-order valence-corrected chi connectivity index (χ3v) is 4.69.